The van der Waals surface area contributed by atoms with Crippen molar-refractivity contribution < 1.29 is 23.9 Å². The Morgan fingerprint density at radius 1 is 1.10 bits per heavy atom. The van der Waals surface area contributed by atoms with Crippen molar-refractivity contribution in [3.8, 4) is 11.5 Å². The fourth-order valence-corrected chi connectivity index (χ4v) is 4.34. The van der Waals surface area contributed by atoms with Crippen LogP contribution in [0.5, 0.6) is 11.5 Å². The van der Waals surface area contributed by atoms with E-state index in [1.807, 2.05) is 24.3 Å². The summed E-state index contributed by atoms with van der Waals surface area (Å²) in [6.45, 7) is 0.988. The van der Waals surface area contributed by atoms with Gasteiger partial charge in [-0.15, -0.1) is 0 Å². The molecule has 0 aromatic heterocycles. The Labute approximate surface area is 179 Å². The number of hydrogen-bond donors (Lipinski definition) is 1. The quantitative estimate of drug-likeness (QED) is 0.750. The summed E-state index contributed by atoms with van der Waals surface area (Å²) in [6, 6.07) is 12.1. The molecule has 0 bridgehead atoms. The summed E-state index contributed by atoms with van der Waals surface area (Å²) in [7, 11) is 0. The molecule has 4 amide bonds. The first-order valence-electron chi connectivity index (χ1n) is 10.5. The van der Waals surface area contributed by atoms with E-state index in [2.05, 4.69) is 5.32 Å². The molecule has 31 heavy (non-hydrogen) atoms. The lowest BCUT2D eigenvalue weighted by Gasteiger charge is -2.29. The van der Waals surface area contributed by atoms with E-state index in [0.717, 1.165) is 24.1 Å². The average molecular weight is 421 g/mol. The molecule has 1 unspecified atom stereocenters. The zero-order valence-corrected chi connectivity index (χ0v) is 17.0. The number of aryl methyl sites for hydroxylation is 1. The van der Waals surface area contributed by atoms with Crippen LogP contribution in [0.15, 0.2) is 42.5 Å². The van der Waals surface area contributed by atoms with Gasteiger partial charge in [-0.3, -0.25) is 14.5 Å². The summed E-state index contributed by atoms with van der Waals surface area (Å²) in [5.41, 5.74) is 2.89. The highest BCUT2D eigenvalue weighted by Gasteiger charge is 2.38. The number of ether oxygens (including phenoxy) is 2. The number of anilines is 1. The first kappa shape index (κ1) is 19.4. The number of rotatable bonds is 5. The Balaban J connectivity index is 1.21. The number of amides is 4. The van der Waals surface area contributed by atoms with Crippen LogP contribution in [-0.2, 0) is 22.6 Å². The smallest absolute Gasteiger partial charge is 0.325 e. The zero-order chi connectivity index (χ0) is 21.4. The molecule has 5 rings (SSSR count). The summed E-state index contributed by atoms with van der Waals surface area (Å²) in [6.07, 6.45) is 2.36. The van der Waals surface area contributed by atoms with E-state index in [0.29, 0.717) is 18.0 Å². The van der Waals surface area contributed by atoms with Crippen LogP contribution in [0.4, 0.5) is 10.5 Å². The summed E-state index contributed by atoms with van der Waals surface area (Å²) < 4.78 is 10.6. The van der Waals surface area contributed by atoms with Gasteiger partial charge in [0.25, 0.3) is 5.91 Å². The maximum Gasteiger partial charge on any atom is 0.325 e. The number of urea groups is 1. The molecule has 2 aromatic rings. The predicted molar refractivity (Wildman–Crippen MR) is 112 cm³/mol. The molecule has 1 N–H and O–H groups in total. The van der Waals surface area contributed by atoms with E-state index in [1.165, 1.54) is 10.5 Å². The zero-order valence-electron chi connectivity index (χ0n) is 17.0. The first-order chi connectivity index (χ1) is 15.1. The van der Waals surface area contributed by atoms with Gasteiger partial charge in [-0.05, 0) is 48.6 Å². The van der Waals surface area contributed by atoms with Gasteiger partial charge in [-0.25, -0.2) is 4.79 Å². The van der Waals surface area contributed by atoms with E-state index < -0.39 is 12.1 Å². The Kier molecular flexibility index (Phi) is 4.97. The fourth-order valence-electron chi connectivity index (χ4n) is 4.34. The molecule has 8 heteroatoms. The second-order valence-corrected chi connectivity index (χ2v) is 7.93. The third-order valence-electron chi connectivity index (χ3n) is 5.94. The third kappa shape index (κ3) is 3.69. The number of benzene rings is 2. The second kappa shape index (κ2) is 7.94. The molecule has 3 heterocycles. The van der Waals surface area contributed by atoms with Crippen LogP contribution in [-0.4, -0.2) is 42.1 Å². The van der Waals surface area contributed by atoms with Crippen LogP contribution in [0.1, 0.15) is 30.4 Å². The highest BCUT2D eigenvalue weighted by atomic mass is 16.7. The Bertz CT molecular complexity index is 1050. The van der Waals surface area contributed by atoms with Gasteiger partial charge in [0, 0.05) is 18.7 Å². The number of para-hydroxylation sites is 1. The maximum absolute atomic E-state index is 12.8. The molecule has 8 nitrogen and oxygen atoms in total. The molecule has 160 valence electrons. The summed E-state index contributed by atoms with van der Waals surface area (Å²) in [5.74, 6) is 0.920. The summed E-state index contributed by atoms with van der Waals surface area (Å²) >= 11 is 0. The lowest BCUT2D eigenvalue weighted by molar-refractivity contribution is -0.128. The lowest BCUT2D eigenvalue weighted by atomic mass is 10.0. The highest BCUT2D eigenvalue weighted by Crippen LogP contribution is 2.33. The van der Waals surface area contributed by atoms with E-state index in [-0.39, 0.29) is 38.0 Å². The van der Waals surface area contributed by atoms with Gasteiger partial charge >= 0.3 is 6.03 Å². The molecule has 0 aliphatic carbocycles. The van der Waals surface area contributed by atoms with Crippen molar-refractivity contribution in [1.29, 1.82) is 0 Å². The molecule has 0 radical (unpaired) electrons. The lowest BCUT2D eigenvalue weighted by Crippen LogP contribution is -2.37. The van der Waals surface area contributed by atoms with Gasteiger partial charge in [0.15, 0.2) is 11.5 Å². The number of fused-ring (bicyclic) bond motifs is 2. The fraction of sp³-hybridized carbons (Fsp3) is 0.348. The van der Waals surface area contributed by atoms with Crippen molar-refractivity contribution in [2.24, 2.45) is 0 Å². The largest absolute Gasteiger partial charge is 0.454 e. The van der Waals surface area contributed by atoms with Crippen LogP contribution < -0.4 is 19.7 Å². The Morgan fingerprint density at radius 2 is 1.94 bits per heavy atom. The van der Waals surface area contributed by atoms with Crippen LogP contribution >= 0.6 is 0 Å². The summed E-state index contributed by atoms with van der Waals surface area (Å²) in [5, 5.41) is 2.71. The minimum absolute atomic E-state index is 0.0246. The SMILES string of the molecule is O=C1NC(CCC(=O)N2CCCc3ccccc32)C(=O)N1Cc1ccc2c(c1)OCO2. The van der Waals surface area contributed by atoms with Crippen LogP contribution in [0.2, 0.25) is 0 Å². The molecule has 2 aromatic carbocycles. The number of imide groups is 1. The van der Waals surface area contributed by atoms with E-state index in [9.17, 15) is 14.4 Å². The standard InChI is InChI=1S/C23H23N3O5/c27-21(25-11-3-5-16-4-1-2-6-18(16)25)10-8-17-22(28)26(23(29)24-17)13-15-7-9-19-20(12-15)31-14-30-19/h1-2,4,6-7,9,12,17H,3,5,8,10-11,13-14H2,(H,24,29). The van der Waals surface area contributed by atoms with Crippen molar-refractivity contribution >= 4 is 23.5 Å². The number of hydrogen-bond acceptors (Lipinski definition) is 5. The van der Waals surface area contributed by atoms with Gasteiger partial charge in [-0.1, -0.05) is 24.3 Å². The molecule has 1 saturated heterocycles. The molecular weight excluding hydrogens is 398 g/mol. The molecule has 3 aliphatic heterocycles. The van der Waals surface area contributed by atoms with Crippen LogP contribution in [0.3, 0.4) is 0 Å². The minimum atomic E-state index is -0.689. The van der Waals surface area contributed by atoms with Crippen molar-refractivity contribution in [2.75, 3.05) is 18.2 Å². The van der Waals surface area contributed by atoms with Gasteiger partial charge in [0.2, 0.25) is 12.7 Å². The van der Waals surface area contributed by atoms with Crippen molar-refractivity contribution in [2.45, 2.75) is 38.3 Å². The molecular formula is C23H23N3O5. The molecule has 0 saturated carbocycles. The van der Waals surface area contributed by atoms with Crippen LogP contribution in [0.25, 0.3) is 0 Å². The molecule has 1 fully saturated rings. The predicted octanol–water partition coefficient (Wildman–Crippen LogP) is 2.60. The van der Waals surface area contributed by atoms with Gasteiger partial charge in [0.05, 0.1) is 6.54 Å². The van der Waals surface area contributed by atoms with Gasteiger partial charge in [-0.2, -0.15) is 0 Å². The summed E-state index contributed by atoms with van der Waals surface area (Å²) in [4.78, 5) is 41.0. The van der Waals surface area contributed by atoms with E-state index in [4.69, 9.17) is 9.47 Å². The van der Waals surface area contributed by atoms with Gasteiger partial charge < -0.3 is 19.7 Å². The first-order valence-corrected chi connectivity index (χ1v) is 10.5. The van der Waals surface area contributed by atoms with E-state index >= 15 is 0 Å². The third-order valence-corrected chi connectivity index (χ3v) is 5.94. The number of nitrogens with one attached hydrogen (secondary N) is 1. The number of nitrogens with zero attached hydrogens (tertiary/aromatic N) is 2. The van der Waals surface area contributed by atoms with Crippen molar-refractivity contribution in [1.82, 2.24) is 10.2 Å². The molecule has 1 atom stereocenters. The number of carbonyl (C=O) groups excluding carboxylic acids is 3. The topological polar surface area (TPSA) is 88.2 Å². The van der Waals surface area contributed by atoms with Gasteiger partial charge in [0.1, 0.15) is 6.04 Å². The normalized spacial score (nSPS) is 19.4. The van der Waals surface area contributed by atoms with Crippen molar-refractivity contribution in [3.05, 3.63) is 53.6 Å². The number of carbonyl (C=O) groups is 3. The molecule has 0 spiro atoms. The monoisotopic (exact) mass is 421 g/mol. The second-order valence-electron chi connectivity index (χ2n) is 7.93. The minimum Gasteiger partial charge on any atom is -0.454 e. The highest BCUT2D eigenvalue weighted by molar-refractivity contribution is 6.04. The van der Waals surface area contributed by atoms with E-state index in [1.54, 1.807) is 23.1 Å². The average Bonchev–Trinajstić information content (AvgIpc) is 3.36. The maximum atomic E-state index is 12.8. The Hall–Kier alpha value is -3.55. The Morgan fingerprint density at radius 3 is 2.84 bits per heavy atom. The van der Waals surface area contributed by atoms with Crippen molar-refractivity contribution in [3.63, 3.8) is 0 Å². The van der Waals surface area contributed by atoms with Crippen LogP contribution in [0, 0.1) is 0 Å². The molecule has 3 aliphatic rings.